The number of aryl methyl sites for hydroxylation is 1. The molecule has 11 heteroatoms. The first-order valence-corrected chi connectivity index (χ1v) is 12.7. The second-order valence-corrected chi connectivity index (χ2v) is 9.68. The van der Waals surface area contributed by atoms with Gasteiger partial charge in [-0.1, -0.05) is 30.8 Å². The molecule has 1 saturated heterocycles. The van der Waals surface area contributed by atoms with Gasteiger partial charge in [-0.2, -0.15) is 0 Å². The van der Waals surface area contributed by atoms with Crippen LogP contribution in [-0.4, -0.2) is 61.9 Å². The second-order valence-electron chi connectivity index (χ2n) is 7.82. The number of carbonyl (C=O) groups excluding carboxylic acids is 1. The Morgan fingerprint density at radius 3 is 2.70 bits per heavy atom. The van der Waals surface area contributed by atoms with Crippen LogP contribution in [0.4, 0.5) is 10.1 Å². The highest BCUT2D eigenvalue weighted by Crippen LogP contribution is 2.25. The number of hydrogen-bond donors (Lipinski definition) is 0. The normalized spacial score (nSPS) is 14.5. The standard InChI is InChI=1S/C22H23FN6O2S2/c1-2-8-28-20(31)19-17(7-13-32-19)29-21(28)24-25-22(29)33-14-18(30)27-11-9-26(10-12-27)16-6-4-3-5-15(16)23/h3-7,13H,2,8-12,14H2,1H3. The predicted octanol–water partition coefficient (Wildman–Crippen LogP) is 3.10. The largest absolute Gasteiger partial charge is 0.366 e. The van der Waals surface area contributed by atoms with Crippen LogP contribution in [0.15, 0.2) is 45.7 Å². The van der Waals surface area contributed by atoms with Gasteiger partial charge in [0.25, 0.3) is 5.56 Å². The summed E-state index contributed by atoms with van der Waals surface area (Å²) in [4.78, 5) is 29.5. The average molecular weight is 487 g/mol. The van der Waals surface area contributed by atoms with Crippen LogP contribution in [0.2, 0.25) is 0 Å². The third-order valence-corrected chi connectivity index (χ3v) is 7.59. The number of carbonyl (C=O) groups is 1. The monoisotopic (exact) mass is 486 g/mol. The molecule has 5 rings (SSSR count). The highest BCUT2D eigenvalue weighted by Gasteiger charge is 2.24. The molecule has 3 aromatic heterocycles. The minimum Gasteiger partial charge on any atom is -0.366 e. The van der Waals surface area contributed by atoms with Crippen molar-refractivity contribution in [1.29, 1.82) is 0 Å². The molecule has 0 atom stereocenters. The van der Waals surface area contributed by atoms with Gasteiger partial charge in [0, 0.05) is 32.7 Å². The van der Waals surface area contributed by atoms with E-state index in [4.69, 9.17) is 0 Å². The number of nitrogens with zero attached hydrogens (tertiary/aromatic N) is 6. The Labute approximate surface area is 197 Å². The lowest BCUT2D eigenvalue weighted by molar-refractivity contribution is -0.128. The third-order valence-electron chi connectivity index (χ3n) is 5.78. The molecule has 0 unspecified atom stereocenters. The van der Waals surface area contributed by atoms with Gasteiger partial charge >= 0.3 is 0 Å². The number of halogens is 1. The summed E-state index contributed by atoms with van der Waals surface area (Å²) in [7, 11) is 0. The molecule has 0 bridgehead atoms. The summed E-state index contributed by atoms with van der Waals surface area (Å²) in [6.45, 7) is 4.83. The molecule has 4 aromatic rings. The zero-order chi connectivity index (χ0) is 22.9. The zero-order valence-electron chi connectivity index (χ0n) is 18.1. The highest BCUT2D eigenvalue weighted by atomic mass is 32.2. The fourth-order valence-electron chi connectivity index (χ4n) is 4.14. The molecule has 0 N–H and O–H groups in total. The van der Waals surface area contributed by atoms with Crippen LogP contribution in [0.25, 0.3) is 16.0 Å². The number of benzene rings is 1. The molecular formula is C22H23FN6O2S2. The number of thiophene rings is 1. The Bertz CT molecular complexity index is 1370. The Balaban J connectivity index is 1.30. The number of fused-ring (bicyclic) bond motifs is 3. The summed E-state index contributed by atoms with van der Waals surface area (Å²) < 4.78 is 18.2. The number of rotatable bonds is 6. The van der Waals surface area contributed by atoms with Crippen molar-refractivity contribution >= 4 is 50.7 Å². The average Bonchev–Trinajstić information content (AvgIpc) is 3.48. The quantitative estimate of drug-likeness (QED) is 0.390. The van der Waals surface area contributed by atoms with E-state index in [-0.39, 0.29) is 23.0 Å². The van der Waals surface area contributed by atoms with Crippen LogP contribution < -0.4 is 10.5 Å². The number of amides is 1. The molecule has 1 fully saturated rings. The van der Waals surface area contributed by atoms with E-state index in [1.807, 2.05) is 33.7 Å². The number of para-hydroxylation sites is 1. The summed E-state index contributed by atoms with van der Waals surface area (Å²) in [6, 6.07) is 8.61. The molecule has 1 aliphatic rings. The highest BCUT2D eigenvalue weighted by molar-refractivity contribution is 7.99. The Morgan fingerprint density at radius 2 is 1.94 bits per heavy atom. The van der Waals surface area contributed by atoms with E-state index in [0.29, 0.717) is 54.0 Å². The van der Waals surface area contributed by atoms with Crippen molar-refractivity contribution in [2.75, 3.05) is 36.8 Å². The molecular weight excluding hydrogens is 463 g/mol. The number of aromatic nitrogens is 4. The second kappa shape index (κ2) is 9.14. The van der Waals surface area contributed by atoms with Crippen molar-refractivity contribution in [2.45, 2.75) is 25.0 Å². The number of hydrogen-bond acceptors (Lipinski definition) is 7. The molecule has 1 aliphatic heterocycles. The lowest BCUT2D eigenvalue weighted by atomic mass is 10.2. The van der Waals surface area contributed by atoms with Crippen LogP contribution in [0.3, 0.4) is 0 Å². The van der Waals surface area contributed by atoms with Crippen LogP contribution in [-0.2, 0) is 11.3 Å². The summed E-state index contributed by atoms with van der Waals surface area (Å²) in [5, 5.41) is 11.0. The van der Waals surface area contributed by atoms with Crippen molar-refractivity contribution in [3.63, 3.8) is 0 Å². The maximum Gasteiger partial charge on any atom is 0.272 e. The van der Waals surface area contributed by atoms with Gasteiger partial charge in [-0.25, -0.2) is 4.39 Å². The minimum atomic E-state index is -0.243. The van der Waals surface area contributed by atoms with Crippen molar-refractivity contribution in [3.05, 3.63) is 51.9 Å². The van der Waals surface area contributed by atoms with Gasteiger partial charge in [-0.3, -0.25) is 18.6 Å². The first kappa shape index (κ1) is 21.9. The lowest BCUT2D eigenvalue weighted by Crippen LogP contribution is -2.49. The van der Waals surface area contributed by atoms with E-state index in [2.05, 4.69) is 10.2 Å². The Hall–Kier alpha value is -2.92. The molecule has 1 aromatic carbocycles. The van der Waals surface area contributed by atoms with E-state index in [0.717, 1.165) is 11.9 Å². The molecule has 4 heterocycles. The van der Waals surface area contributed by atoms with E-state index in [1.165, 1.54) is 29.2 Å². The Kier molecular flexibility index (Phi) is 6.07. The van der Waals surface area contributed by atoms with Gasteiger partial charge in [0.2, 0.25) is 11.7 Å². The molecule has 0 radical (unpaired) electrons. The first-order valence-electron chi connectivity index (χ1n) is 10.8. The van der Waals surface area contributed by atoms with E-state index >= 15 is 0 Å². The summed E-state index contributed by atoms with van der Waals surface area (Å²) in [6.07, 6.45) is 0.805. The van der Waals surface area contributed by atoms with Gasteiger partial charge in [0.15, 0.2) is 5.16 Å². The summed E-state index contributed by atoms with van der Waals surface area (Å²) in [5.74, 6) is 0.487. The molecule has 33 heavy (non-hydrogen) atoms. The zero-order valence-corrected chi connectivity index (χ0v) is 19.7. The fourth-order valence-corrected chi connectivity index (χ4v) is 5.81. The van der Waals surface area contributed by atoms with Crippen molar-refractivity contribution in [1.82, 2.24) is 24.1 Å². The number of piperazine rings is 1. The molecule has 0 saturated carbocycles. The summed E-state index contributed by atoms with van der Waals surface area (Å²) >= 11 is 2.72. The lowest BCUT2D eigenvalue weighted by Gasteiger charge is -2.36. The van der Waals surface area contributed by atoms with Gasteiger partial charge in [0.05, 0.1) is 17.0 Å². The molecule has 8 nitrogen and oxygen atoms in total. The van der Waals surface area contributed by atoms with Gasteiger partial charge in [-0.05, 0) is 30.0 Å². The maximum absolute atomic E-state index is 14.1. The van der Waals surface area contributed by atoms with Crippen LogP contribution in [0, 0.1) is 5.82 Å². The third kappa shape index (κ3) is 3.99. The molecule has 172 valence electrons. The predicted molar refractivity (Wildman–Crippen MR) is 129 cm³/mol. The fraction of sp³-hybridized carbons (Fsp3) is 0.364. The smallest absolute Gasteiger partial charge is 0.272 e. The van der Waals surface area contributed by atoms with Crippen molar-refractivity contribution < 1.29 is 9.18 Å². The number of anilines is 1. The van der Waals surface area contributed by atoms with Crippen LogP contribution in [0.5, 0.6) is 0 Å². The van der Waals surface area contributed by atoms with Crippen LogP contribution in [0.1, 0.15) is 13.3 Å². The molecule has 1 amide bonds. The van der Waals surface area contributed by atoms with Crippen LogP contribution >= 0.6 is 23.1 Å². The minimum absolute atomic E-state index is 0.00776. The number of thioether (sulfide) groups is 1. The molecule has 0 aliphatic carbocycles. The van der Waals surface area contributed by atoms with E-state index in [9.17, 15) is 14.0 Å². The summed E-state index contributed by atoms with van der Waals surface area (Å²) in [5.41, 5.74) is 1.29. The topological polar surface area (TPSA) is 75.7 Å². The maximum atomic E-state index is 14.1. The van der Waals surface area contributed by atoms with Crippen molar-refractivity contribution in [3.8, 4) is 0 Å². The SMILES string of the molecule is CCCn1c(=O)c2sccc2n2c(SCC(=O)N3CCN(c4ccccc4F)CC3)nnc12. The van der Waals surface area contributed by atoms with E-state index < -0.39 is 0 Å². The van der Waals surface area contributed by atoms with E-state index in [1.54, 1.807) is 21.6 Å². The van der Waals surface area contributed by atoms with Gasteiger partial charge < -0.3 is 9.80 Å². The van der Waals surface area contributed by atoms with Gasteiger partial charge in [0.1, 0.15) is 10.5 Å². The first-order chi connectivity index (χ1) is 16.1. The van der Waals surface area contributed by atoms with Gasteiger partial charge in [-0.15, -0.1) is 21.5 Å². The van der Waals surface area contributed by atoms with Crippen molar-refractivity contribution in [2.24, 2.45) is 0 Å². The molecule has 0 spiro atoms. The Morgan fingerprint density at radius 1 is 1.15 bits per heavy atom.